The average Bonchev–Trinajstić information content (AvgIpc) is 3.31. The second-order valence-electron chi connectivity index (χ2n) is 8.68. The first-order chi connectivity index (χ1) is 17.7. The molecule has 10 nitrogen and oxygen atoms in total. The van der Waals surface area contributed by atoms with Gasteiger partial charge in [0, 0.05) is 24.8 Å². The number of aliphatic hydroxyl groups is 2. The minimum absolute atomic E-state index is 0.0960. The standard InChI is InChI=1S/C24H23F3N6O4/c25-24(26,27)15-3-1-2-14(10-15)18-4-5-19-21(29-18)33(16-7-9-32(19)11-16)23(36)31-20-6-8-28-22(30-20)37-13-17(35)12-34/h1-6,8,10,16-17,34-35H,7,9,11-13H2,(H,28,30,31,36)/t16-,17+/m0/s1. The van der Waals surface area contributed by atoms with Crippen LogP contribution in [-0.4, -0.2) is 69.6 Å². The molecule has 0 radical (unpaired) electrons. The first-order valence-corrected chi connectivity index (χ1v) is 11.5. The van der Waals surface area contributed by atoms with E-state index in [1.54, 1.807) is 18.2 Å². The Kier molecular flexibility index (Phi) is 6.56. The number of anilines is 3. The fourth-order valence-electron chi connectivity index (χ4n) is 4.36. The Morgan fingerprint density at radius 3 is 2.84 bits per heavy atom. The van der Waals surface area contributed by atoms with Crippen LogP contribution in [0.15, 0.2) is 48.7 Å². The summed E-state index contributed by atoms with van der Waals surface area (Å²) < 4.78 is 45.0. The van der Waals surface area contributed by atoms with Gasteiger partial charge in [0.25, 0.3) is 0 Å². The summed E-state index contributed by atoms with van der Waals surface area (Å²) in [5.74, 6) is 0.488. The number of benzene rings is 1. The van der Waals surface area contributed by atoms with Crippen LogP contribution in [0.4, 0.5) is 35.3 Å². The molecule has 2 aliphatic rings. The summed E-state index contributed by atoms with van der Waals surface area (Å²) in [6.45, 7) is 0.596. The smallest absolute Gasteiger partial charge is 0.416 e. The van der Waals surface area contributed by atoms with Gasteiger partial charge in [-0.05, 0) is 36.8 Å². The molecule has 1 saturated heterocycles. The van der Waals surface area contributed by atoms with Gasteiger partial charge in [-0.15, -0.1) is 0 Å². The minimum Gasteiger partial charge on any atom is -0.461 e. The summed E-state index contributed by atoms with van der Waals surface area (Å²) in [6.07, 6.45) is -3.53. The maximum absolute atomic E-state index is 13.4. The first kappa shape index (κ1) is 24.7. The van der Waals surface area contributed by atoms with Gasteiger partial charge < -0.3 is 19.8 Å². The molecular formula is C24H23F3N6O4. The van der Waals surface area contributed by atoms with Crippen molar-refractivity contribution in [1.29, 1.82) is 0 Å². The van der Waals surface area contributed by atoms with Gasteiger partial charge in [-0.25, -0.2) is 14.8 Å². The lowest BCUT2D eigenvalue weighted by atomic mass is 10.1. The second kappa shape index (κ2) is 9.82. The summed E-state index contributed by atoms with van der Waals surface area (Å²) in [5, 5.41) is 21.1. The zero-order chi connectivity index (χ0) is 26.2. The number of hydrogen-bond acceptors (Lipinski definition) is 8. The zero-order valence-corrected chi connectivity index (χ0v) is 19.4. The van der Waals surface area contributed by atoms with E-state index in [4.69, 9.17) is 9.84 Å². The number of aliphatic hydroxyl groups excluding tert-OH is 2. The molecule has 3 N–H and O–H groups in total. The predicted molar refractivity (Wildman–Crippen MR) is 127 cm³/mol. The van der Waals surface area contributed by atoms with Crippen LogP contribution in [0.5, 0.6) is 6.01 Å². The quantitative estimate of drug-likeness (QED) is 0.457. The van der Waals surface area contributed by atoms with Crippen LogP contribution in [0.1, 0.15) is 12.0 Å². The molecule has 2 aliphatic heterocycles. The molecule has 5 rings (SSSR count). The molecule has 1 aromatic carbocycles. The van der Waals surface area contributed by atoms with Crippen LogP contribution in [-0.2, 0) is 6.18 Å². The molecule has 37 heavy (non-hydrogen) atoms. The Morgan fingerprint density at radius 1 is 1.22 bits per heavy atom. The molecule has 2 bridgehead atoms. The van der Waals surface area contributed by atoms with Crippen molar-refractivity contribution in [2.75, 3.05) is 41.4 Å². The normalized spacial score (nSPS) is 17.4. The van der Waals surface area contributed by atoms with Crippen LogP contribution >= 0.6 is 0 Å². The highest BCUT2D eigenvalue weighted by Gasteiger charge is 2.40. The minimum atomic E-state index is -4.49. The van der Waals surface area contributed by atoms with Gasteiger partial charge >= 0.3 is 18.2 Å². The highest BCUT2D eigenvalue weighted by atomic mass is 19.4. The van der Waals surface area contributed by atoms with Crippen molar-refractivity contribution >= 4 is 23.4 Å². The number of alkyl halides is 3. The Labute approximate surface area is 209 Å². The van der Waals surface area contributed by atoms with Gasteiger partial charge in [-0.3, -0.25) is 10.2 Å². The maximum atomic E-state index is 13.4. The molecule has 13 heteroatoms. The van der Waals surface area contributed by atoms with Gasteiger partial charge in [0.15, 0.2) is 5.82 Å². The highest BCUT2D eigenvalue weighted by molar-refractivity contribution is 6.04. The molecule has 0 saturated carbocycles. The topological polar surface area (TPSA) is 124 Å². The Morgan fingerprint density at radius 2 is 2.05 bits per heavy atom. The molecule has 0 spiro atoms. The summed E-state index contributed by atoms with van der Waals surface area (Å²) in [7, 11) is 0. The molecule has 2 aromatic heterocycles. The molecule has 2 amide bonds. The number of nitrogens with zero attached hydrogens (tertiary/aromatic N) is 5. The Bertz CT molecular complexity index is 1310. The van der Waals surface area contributed by atoms with Crippen LogP contribution in [0, 0.1) is 0 Å². The number of carbonyl (C=O) groups excluding carboxylic acids is 1. The second-order valence-corrected chi connectivity index (χ2v) is 8.68. The van der Waals surface area contributed by atoms with E-state index in [-0.39, 0.29) is 30.0 Å². The van der Waals surface area contributed by atoms with Crippen LogP contribution in [0.2, 0.25) is 0 Å². The molecule has 4 heterocycles. The summed E-state index contributed by atoms with van der Waals surface area (Å²) in [6, 6.07) is 8.99. The van der Waals surface area contributed by atoms with Crippen molar-refractivity contribution in [1.82, 2.24) is 15.0 Å². The number of urea groups is 1. The number of aromatic nitrogens is 3. The van der Waals surface area contributed by atoms with Gasteiger partial charge in [-0.1, -0.05) is 12.1 Å². The van der Waals surface area contributed by atoms with Crippen molar-refractivity contribution < 1.29 is 32.9 Å². The van der Waals surface area contributed by atoms with E-state index in [2.05, 4.69) is 25.2 Å². The number of pyridine rings is 1. The van der Waals surface area contributed by atoms with Crippen LogP contribution in [0.3, 0.4) is 0 Å². The lowest BCUT2D eigenvalue weighted by Gasteiger charge is -2.35. The zero-order valence-electron chi connectivity index (χ0n) is 19.4. The van der Waals surface area contributed by atoms with E-state index in [1.165, 1.54) is 23.2 Å². The molecule has 3 aromatic rings. The third-order valence-electron chi connectivity index (χ3n) is 6.14. The number of rotatable bonds is 6. The maximum Gasteiger partial charge on any atom is 0.416 e. The summed E-state index contributed by atoms with van der Waals surface area (Å²) >= 11 is 0. The number of nitrogens with one attached hydrogen (secondary N) is 1. The fourth-order valence-corrected chi connectivity index (χ4v) is 4.36. The summed E-state index contributed by atoms with van der Waals surface area (Å²) in [5.41, 5.74) is 0.527. The Balaban J connectivity index is 1.42. The van der Waals surface area contributed by atoms with Crippen molar-refractivity contribution in [3.63, 3.8) is 0 Å². The van der Waals surface area contributed by atoms with E-state index in [0.29, 0.717) is 36.7 Å². The van der Waals surface area contributed by atoms with E-state index in [1.807, 2.05) is 0 Å². The lowest BCUT2D eigenvalue weighted by Crippen LogP contribution is -2.48. The third-order valence-corrected chi connectivity index (χ3v) is 6.14. The largest absolute Gasteiger partial charge is 0.461 e. The first-order valence-electron chi connectivity index (χ1n) is 11.5. The molecular weight excluding hydrogens is 493 g/mol. The number of amides is 2. The van der Waals surface area contributed by atoms with Gasteiger partial charge in [0.2, 0.25) is 0 Å². The molecule has 194 valence electrons. The molecule has 2 atom stereocenters. The van der Waals surface area contributed by atoms with Gasteiger partial charge in [0.1, 0.15) is 18.5 Å². The molecule has 1 fully saturated rings. The SMILES string of the molecule is O=C(Nc1ccnc(OC[C@H](O)CO)n1)N1c2nc(-c3cccc(C(F)(F)F)c3)ccc2N2CC[C@H]1C2. The predicted octanol–water partition coefficient (Wildman–Crippen LogP) is 2.92. The van der Waals surface area contributed by atoms with Crippen molar-refractivity contribution in [3.05, 3.63) is 54.2 Å². The van der Waals surface area contributed by atoms with E-state index >= 15 is 0 Å². The summed E-state index contributed by atoms with van der Waals surface area (Å²) in [4.78, 5) is 29.6. The highest BCUT2D eigenvalue weighted by Crippen LogP contribution is 2.41. The van der Waals surface area contributed by atoms with Crippen LogP contribution in [0.25, 0.3) is 11.3 Å². The third kappa shape index (κ3) is 5.13. The molecule has 0 unspecified atom stereocenters. The van der Waals surface area contributed by atoms with E-state index < -0.39 is 30.5 Å². The van der Waals surface area contributed by atoms with Crippen molar-refractivity contribution in [2.45, 2.75) is 24.7 Å². The average molecular weight is 516 g/mol. The number of carbonyl (C=O) groups is 1. The molecule has 0 aliphatic carbocycles. The Hall–Kier alpha value is -3.97. The van der Waals surface area contributed by atoms with Crippen LogP contribution < -0.4 is 19.9 Å². The van der Waals surface area contributed by atoms with E-state index in [0.717, 1.165) is 12.1 Å². The van der Waals surface area contributed by atoms with Crippen molar-refractivity contribution in [3.8, 4) is 17.3 Å². The monoisotopic (exact) mass is 516 g/mol. The van der Waals surface area contributed by atoms with E-state index in [9.17, 15) is 23.1 Å². The number of hydrogen-bond donors (Lipinski definition) is 3. The fraction of sp³-hybridized carbons (Fsp3) is 0.333. The number of halogens is 3. The lowest BCUT2D eigenvalue weighted by molar-refractivity contribution is -0.137. The van der Waals surface area contributed by atoms with Gasteiger partial charge in [0.05, 0.1) is 29.6 Å². The number of fused-ring (bicyclic) bond motifs is 4. The van der Waals surface area contributed by atoms with Crippen molar-refractivity contribution in [2.24, 2.45) is 0 Å². The number of ether oxygens (including phenoxy) is 1. The van der Waals surface area contributed by atoms with Gasteiger partial charge in [-0.2, -0.15) is 18.2 Å².